The molecule has 0 spiro atoms. The van der Waals surface area contributed by atoms with Gasteiger partial charge in [0.05, 0.1) is 6.33 Å². The minimum atomic E-state index is -0.413. The Morgan fingerprint density at radius 1 is 1.33 bits per heavy atom. The van der Waals surface area contributed by atoms with Gasteiger partial charge in [0.1, 0.15) is 5.75 Å². The van der Waals surface area contributed by atoms with Crippen molar-refractivity contribution < 1.29 is 4.74 Å². The second-order valence-corrected chi connectivity index (χ2v) is 4.52. The Balaban J connectivity index is 2.40. The Hall–Kier alpha value is -1.81. The monoisotopic (exact) mass is 264 g/mol. The highest BCUT2D eigenvalue weighted by Gasteiger charge is 2.12. The number of hydrogen-bond acceptors (Lipinski definition) is 3. The molecule has 4 nitrogen and oxygen atoms in total. The number of benzene rings is 1. The fourth-order valence-electron chi connectivity index (χ4n) is 1.59. The van der Waals surface area contributed by atoms with Crippen molar-refractivity contribution in [3.63, 3.8) is 0 Å². The standard InChI is InChI=1S/C13H13ClN2O2/c1-8(2)9-5-3-4-6-10(9)18-13-11(14)12(17)15-7-16-13/h3-8H,1-2H3,(H,15,16,17). The molecule has 1 aromatic heterocycles. The van der Waals surface area contributed by atoms with Gasteiger partial charge in [-0.2, -0.15) is 0 Å². The molecule has 0 aliphatic heterocycles. The molecule has 0 atom stereocenters. The van der Waals surface area contributed by atoms with Crippen molar-refractivity contribution in [3.8, 4) is 11.6 Å². The van der Waals surface area contributed by atoms with E-state index in [1.54, 1.807) is 0 Å². The van der Waals surface area contributed by atoms with Crippen LogP contribution in [0.15, 0.2) is 35.4 Å². The first kappa shape index (κ1) is 12.6. The first-order chi connectivity index (χ1) is 8.59. The van der Waals surface area contributed by atoms with Crippen LogP contribution in [0.4, 0.5) is 0 Å². The van der Waals surface area contributed by atoms with Crippen LogP contribution >= 0.6 is 11.6 Å². The fourth-order valence-corrected chi connectivity index (χ4v) is 1.73. The van der Waals surface area contributed by atoms with Crippen molar-refractivity contribution in [2.45, 2.75) is 19.8 Å². The quantitative estimate of drug-likeness (QED) is 0.925. The summed E-state index contributed by atoms with van der Waals surface area (Å²) in [7, 11) is 0. The molecule has 0 saturated heterocycles. The lowest BCUT2D eigenvalue weighted by Crippen LogP contribution is -2.08. The highest BCUT2D eigenvalue weighted by atomic mass is 35.5. The van der Waals surface area contributed by atoms with E-state index in [1.807, 2.05) is 24.3 Å². The molecule has 0 fully saturated rings. The number of ether oxygens (including phenoxy) is 1. The van der Waals surface area contributed by atoms with Gasteiger partial charge in [-0.15, -0.1) is 0 Å². The minimum absolute atomic E-state index is 0.0453. The number of aromatic nitrogens is 2. The summed E-state index contributed by atoms with van der Waals surface area (Å²) in [5.74, 6) is 1.09. The van der Waals surface area contributed by atoms with Crippen LogP contribution in [0.2, 0.25) is 5.02 Å². The van der Waals surface area contributed by atoms with E-state index >= 15 is 0 Å². The second kappa shape index (κ2) is 5.23. The molecule has 1 aromatic carbocycles. The van der Waals surface area contributed by atoms with Crippen molar-refractivity contribution in [2.75, 3.05) is 0 Å². The van der Waals surface area contributed by atoms with E-state index in [4.69, 9.17) is 16.3 Å². The maximum Gasteiger partial charge on any atom is 0.273 e. The lowest BCUT2D eigenvalue weighted by molar-refractivity contribution is 0.452. The Morgan fingerprint density at radius 3 is 2.78 bits per heavy atom. The summed E-state index contributed by atoms with van der Waals surface area (Å²) in [6.45, 7) is 4.13. The molecule has 5 heteroatoms. The number of nitrogens with one attached hydrogen (secondary N) is 1. The SMILES string of the molecule is CC(C)c1ccccc1Oc1nc[nH]c(=O)c1Cl. The summed E-state index contributed by atoms with van der Waals surface area (Å²) in [5.41, 5.74) is 0.624. The van der Waals surface area contributed by atoms with E-state index in [9.17, 15) is 4.79 Å². The zero-order valence-electron chi connectivity index (χ0n) is 10.1. The van der Waals surface area contributed by atoms with E-state index in [1.165, 1.54) is 6.33 Å². The van der Waals surface area contributed by atoms with Crippen LogP contribution in [0.3, 0.4) is 0 Å². The van der Waals surface area contributed by atoms with Gasteiger partial charge in [0, 0.05) is 0 Å². The largest absolute Gasteiger partial charge is 0.437 e. The van der Waals surface area contributed by atoms with E-state index in [0.29, 0.717) is 11.7 Å². The molecule has 0 saturated carbocycles. The van der Waals surface area contributed by atoms with E-state index < -0.39 is 5.56 Å². The zero-order chi connectivity index (χ0) is 13.1. The summed E-state index contributed by atoms with van der Waals surface area (Å²) in [5, 5.41) is -0.0453. The minimum Gasteiger partial charge on any atom is -0.437 e. The third kappa shape index (κ3) is 2.54. The van der Waals surface area contributed by atoms with Crippen LogP contribution in [0.5, 0.6) is 11.6 Å². The Labute approximate surface area is 110 Å². The third-order valence-corrected chi connectivity index (χ3v) is 2.85. The van der Waals surface area contributed by atoms with Gasteiger partial charge in [-0.25, -0.2) is 4.98 Å². The normalized spacial score (nSPS) is 10.7. The molecule has 1 N–H and O–H groups in total. The van der Waals surface area contributed by atoms with Crippen LogP contribution in [0.25, 0.3) is 0 Å². The van der Waals surface area contributed by atoms with E-state index in [-0.39, 0.29) is 10.9 Å². The molecule has 2 aromatic rings. The smallest absolute Gasteiger partial charge is 0.273 e. The third-order valence-electron chi connectivity index (χ3n) is 2.51. The van der Waals surface area contributed by atoms with Crippen LogP contribution < -0.4 is 10.3 Å². The van der Waals surface area contributed by atoms with Crippen LogP contribution in [-0.4, -0.2) is 9.97 Å². The predicted molar refractivity (Wildman–Crippen MR) is 70.5 cm³/mol. The Morgan fingerprint density at radius 2 is 2.06 bits per heavy atom. The predicted octanol–water partition coefficient (Wildman–Crippen LogP) is 3.34. The number of nitrogens with zero attached hydrogens (tertiary/aromatic N) is 1. The van der Waals surface area contributed by atoms with Gasteiger partial charge in [0.15, 0.2) is 5.02 Å². The average molecular weight is 265 g/mol. The highest BCUT2D eigenvalue weighted by Crippen LogP contribution is 2.30. The summed E-state index contributed by atoms with van der Waals surface area (Å²) in [4.78, 5) is 17.7. The first-order valence-corrected chi connectivity index (χ1v) is 5.97. The van der Waals surface area contributed by atoms with Crippen molar-refractivity contribution in [2.24, 2.45) is 0 Å². The highest BCUT2D eigenvalue weighted by molar-refractivity contribution is 6.31. The molecular weight excluding hydrogens is 252 g/mol. The van der Waals surface area contributed by atoms with Gasteiger partial charge in [-0.05, 0) is 17.5 Å². The number of para-hydroxylation sites is 1. The van der Waals surface area contributed by atoms with Crippen molar-refractivity contribution in [1.29, 1.82) is 0 Å². The molecule has 0 aliphatic rings. The number of rotatable bonds is 3. The summed E-state index contributed by atoms with van der Waals surface area (Å²) >= 11 is 5.84. The summed E-state index contributed by atoms with van der Waals surface area (Å²) < 4.78 is 5.62. The number of H-pyrrole nitrogens is 1. The topological polar surface area (TPSA) is 55.0 Å². The number of aromatic amines is 1. The number of halogens is 1. The summed E-state index contributed by atoms with van der Waals surface area (Å²) in [6, 6.07) is 7.60. The van der Waals surface area contributed by atoms with Crippen LogP contribution in [0, 0.1) is 0 Å². The zero-order valence-corrected chi connectivity index (χ0v) is 10.9. The van der Waals surface area contributed by atoms with Crippen molar-refractivity contribution in [3.05, 3.63) is 51.5 Å². The maximum absolute atomic E-state index is 11.3. The van der Waals surface area contributed by atoms with Gasteiger partial charge in [0.25, 0.3) is 5.56 Å². The first-order valence-electron chi connectivity index (χ1n) is 5.59. The summed E-state index contributed by atoms with van der Waals surface area (Å²) in [6.07, 6.45) is 1.27. The lowest BCUT2D eigenvalue weighted by atomic mass is 10.0. The number of hydrogen-bond donors (Lipinski definition) is 1. The van der Waals surface area contributed by atoms with Crippen molar-refractivity contribution >= 4 is 11.6 Å². The average Bonchev–Trinajstić information content (AvgIpc) is 2.35. The maximum atomic E-state index is 11.3. The molecule has 1 heterocycles. The molecule has 0 bridgehead atoms. The van der Waals surface area contributed by atoms with Gasteiger partial charge < -0.3 is 9.72 Å². The molecule has 0 amide bonds. The fraction of sp³-hybridized carbons (Fsp3) is 0.231. The van der Waals surface area contributed by atoms with Gasteiger partial charge >= 0.3 is 0 Å². The van der Waals surface area contributed by atoms with Crippen molar-refractivity contribution in [1.82, 2.24) is 9.97 Å². The molecule has 0 radical (unpaired) electrons. The van der Waals surface area contributed by atoms with Crippen LogP contribution in [0.1, 0.15) is 25.3 Å². The Bertz CT molecular complexity index is 608. The van der Waals surface area contributed by atoms with Gasteiger partial charge in [0.2, 0.25) is 5.88 Å². The second-order valence-electron chi connectivity index (χ2n) is 4.15. The van der Waals surface area contributed by atoms with E-state index in [0.717, 1.165) is 5.56 Å². The van der Waals surface area contributed by atoms with Crippen LogP contribution in [-0.2, 0) is 0 Å². The molecule has 0 aliphatic carbocycles. The van der Waals surface area contributed by atoms with E-state index in [2.05, 4.69) is 23.8 Å². The molecule has 18 heavy (non-hydrogen) atoms. The molecule has 0 unspecified atom stereocenters. The Kier molecular flexibility index (Phi) is 3.67. The van der Waals surface area contributed by atoms with Gasteiger partial charge in [-0.3, -0.25) is 4.79 Å². The molecular formula is C13H13ClN2O2. The molecule has 94 valence electrons. The van der Waals surface area contributed by atoms with Gasteiger partial charge in [-0.1, -0.05) is 43.6 Å². The lowest BCUT2D eigenvalue weighted by Gasteiger charge is -2.12. The molecule has 2 rings (SSSR count).